The van der Waals surface area contributed by atoms with Gasteiger partial charge in [0, 0.05) is 48.3 Å². The largest absolute Gasteiger partial charge is 0.339 e. The van der Waals surface area contributed by atoms with E-state index in [0.717, 1.165) is 18.6 Å². The molecule has 6 nitrogen and oxygen atoms in total. The number of hydrogen-bond donors (Lipinski definition) is 0. The minimum atomic E-state index is -3.74. The topological polar surface area (TPSA) is 62.6 Å². The quantitative estimate of drug-likeness (QED) is 0.637. The minimum absolute atomic E-state index is 0.00528. The van der Waals surface area contributed by atoms with Gasteiger partial charge in [0.2, 0.25) is 15.7 Å². The molecule has 1 saturated heterocycles. The lowest BCUT2D eigenvalue weighted by Gasteiger charge is -2.32. The average Bonchev–Trinajstić information content (AvgIpc) is 3.08. The van der Waals surface area contributed by atoms with Crippen molar-refractivity contribution in [3.05, 3.63) is 59.8 Å². The lowest BCUT2D eigenvalue weighted by atomic mass is 10.2. The fraction of sp³-hybridized carbons (Fsp3) is 0.286. The van der Waals surface area contributed by atoms with E-state index in [0.29, 0.717) is 23.5 Å². The van der Waals surface area contributed by atoms with Gasteiger partial charge in [-0.2, -0.15) is 0 Å². The summed E-state index contributed by atoms with van der Waals surface area (Å²) in [5.41, 5.74) is 0.725. The van der Waals surface area contributed by atoms with Gasteiger partial charge in [-0.05, 0) is 37.4 Å². The van der Waals surface area contributed by atoms with Gasteiger partial charge in [0.25, 0.3) is 0 Å². The number of nitrogens with zero attached hydrogens (tertiary/aromatic N) is 3. The molecule has 0 unspecified atom stereocenters. The van der Waals surface area contributed by atoms with Crippen LogP contribution in [0.3, 0.4) is 0 Å². The molecule has 2 heterocycles. The maximum atomic E-state index is 13.2. The number of carbonyl (C=O) groups is 1. The zero-order valence-corrected chi connectivity index (χ0v) is 17.7. The SMILES string of the molecule is CN1CCN(C(=O)Cn2cc(S(=O)(=O)c3ccc(Cl)cc3)c3ccccc32)CC1. The van der Waals surface area contributed by atoms with Crippen LogP contribution in [0.5, 0.6) is 0 Å². The highest BCUT2D eigenvalue weighted by molar-refractivity contribution is 7.91. The first-order chi connectivity index (χ1) is 13.9. The fourth-order valence-electron chi connectivity index (χ4n) is 3.60. The third-order valence-corrected chi connectivity index (χ3v) is 7.38. The number of sulfone groups is 1. The average molecular weight is 432 g/mol. The van der Waals surface area contributed by atoms with E-state index in [1.165, 1.54) is 12.1 Å². The van der Waals surface area contributed by atoms with Gasteiger partial charge >= 0.3 is 0 Å². The van der Waals surface area contributed by atoms with Crippen LogP contribution >= 0.6 is 11.6 Å². The zero-order valence-electron chi connectivity index (χ0n) is 16.1. The third-order valence-electron chi connectivity index (χ3n) is 5.33. The number of amides is 1. The molecule has 1 aliphatic rings. The molecule has 0 spiro atoms. The summed E-state index contributed by atoms with van der Waals surface area (Å²) >= 11 is 5.90. The third kappa shape index (κ3) is 3.90. The van der Waals surface area contributed by atoms with Crippen molar-refractivity contribution in [2.24, 2.45) is 0 Å². The van der Waals surface area contributed by atoms with Crippen LogP contribution in [0.25, 0.3) is 10.9 Å². The van der Waals surface area contributed by atoms with Crippen LogP contribution in [0.15, 0.2) is 64.5 Å². The summed E-state index contributed by atoms with van der Waals surface area (Å²) in [7, 11) is -1.70. The number of para-hydroxylation sites is 1. The first kappa shape index (κ1) is 19.9. The summed E-state index contributed by atoms with van der Waals surface area (Å²) in [6.45, 7) is 3.16. The first-order valence-electron chi connectivity index (χ1n) is 9.41. The summed E-state index contributed by atoms with van der Waals surface area (Å²) in [6.07, 6.45) is 1.57. The van der Waals surface area contributed by atoms with Gasteiger partial charge in [0.05, 0.1) is 9.79 Å². The van der Waals surface area contributed by atoms with Crippen molar-refractivity contribution in [3.63, 3.8) is 0 Å². The van der Waals surface area contributed by atoms with Crippen molar-refractivity contribution < 1.29 is 13.2 Å². The van der Waals surface area contributed by atoms with E-state index in [4.69, 9.17) is 11.6 Å². The summed E-state index contributed by atoms with van der Waals surface area (Å²) in [5.74, 6) is -0.00528. The molecule has 1 amide bonds. The Kier molecular flexibility index (Phi) is 5.38. The predicted octanol–water partition coefficient (Wildman–Crippen LogP) is 2.90. The Morgan fingerprint density at radius 3 is 2.34 bits per heavy atom. The van der Waals surface area contributed by atoms with Gasteiger partial charge in [-0.3, -0.25) is 4.79 Å². The molecule has 4 rings (SSSR count). The van der Waals surface area contributed by atoms with Crippen LogP contribution in [0, 0.1) is 0 Å². The Hall–Kier alpha value is -2.35. The highest BCUT2D eigenvalue weighted by Crippen LogP contribution is 2.30. The molecular formula is C21H22ClN3O3S. The van der Waals surface area contributed by atoms with Crippen LogP contribution in [0.2, 0.25) is 5.02 Å². The smallest absolute Gasteiger partial charge is 0.242 e. The Morgan fingerprint density at radius 2 is 1.66 bits per heavy atom. The molecule has 1 fully saturated rings. The zero-order chi connectivity index (χ0) is 20.6. The number of likely N-dealkylation sites (N-methyl/N-ethyl adjacent to an activating group) is 1. The Morgan fingerprint density at radius 1 is 1.00 bits per heavy atom. The van der Waals surface area contributed by atoms with Crippen molar-refractivity contribution in [1.82, 2.24) is 14.4 Å². The van der Waals surface area contributed by atoms with E-state index in [-0.39, 0.29) is 22.2 Å². The van der Waals surface area contributed by atoms with Crippen molar-refractivity contribution in [3.8, 4) is 0 Å². The second-order valence-electron chi connectivity index (χ2n) is 7.28. The number of halogens is 1. The monoisotopic (exact) mass is 431 g/mol. The number of benzene rings is 2. The van der Waals surface area contributed by atoms with Crippen molar-refractivity contribution in [2.75, 3.05) is 33.2 Å². The van der Waals surface area contributed by atoms with Crippen molar-refractivity contribution in [1.29, 1.82) is 0 Å². The Bertz CT molecular complexity index is 1150. The van der Waals surface area contributed by atoms with Gasteiger partial charge in [0.1, 0.15) is 6.54 Å². The normalized spacial score (nSPS) is 15.7. The number of rotatable bonds is 4. The van der Waals surface area contributed by atoms with Crippen LogP contribution in [0.1, 0.15) is 0 Å². The van der Waals surface area contributed by atoms with Gasteiger partial charge < -0.3 is 14.4 Å². The lowest BCUT2D eigenvalue weighted by Crippen LogP contribution is -2.48. The minimum Gasteiger partial charge on any atom is -0.339 e. The summed E-state index contributed by atoms with van der Waals surface area (Å²) in [6, 6.07) is 13.4. The van der Waals surface area contributed by atoms with E-state index >= 15 is 0 Å². The fourth-order valence-corrected chi connectivity index (χ4v) is 5.20. The molecule has 1 aliphatic heterocycles. The van der Waals surface area contributed by atoms with Crippen LogP contribution in [0.4, 0.5) is 0 Å². The predicted molar refractivity (Wildman–Crippen MR) is 113 cm³/mol. The highest BCUT2D eigenvalue weighted by atomic mass is 35.5. The number of aromatic nitrogens is 1. The van der Waals surface area contributed by atoms with Gasteiger partial charge in [-0.25, -0.2) is 8.42 Å². The van der Waals surface area contributed by atoms with Crippen molar-refractivity contribution in [2.45, 2.75) is 16.3 Å². The van der Waals surface area contributed by atoms with Gasteiger partial charge in [-0.15, -0.1) is 0 Å². The molecule has 0 N–H and O–H groups in total. The van der Waals surface area contributed by atoms with E-state index in [1.807, 2.05) is 24.1 Å². The lowest BCUT2D eigenvalue weighted by molar-refractivity contribution is -0.133. The molecule has 0 aliphatic carbocycles. The molecule has 2 aromatic carbocycles. The van der Waals surface area contributed by atoms with E-state index in [1.54, 1.807) is 35.0 Å². The summed E-state index contributed by atoms with van der Waals surface area (Å²) in [5, 5.41) is 1.08. The van der Waals surface area contributed by atoms with E-state index in [2.05, 4.69) is 4.90 Å². The maximum Gasteiger partial charge on any atom is 0.242 e. The number of hydrogen-bond acceptors (Lipinski definition) is 4. The van der Waals surface area contributed by atoms with Crippen LogP contribution in [-0.4, -0.2) is 61.9 Å². The maximum absolute atomic E-state index is 13.2. The molecule has 8 heteroatoms. The molecule has 3 aromatic rings. The second-order valence-corrected chi connectivity index (χ2v) is 9.63. The van der Waals surface area contributed by atoms with Gasteiger partial charge in [-0.1, -0.05) is 29.8 Å². The Balaban J connectivity index is 1.70. The van der Waals surface area contributed by atoms with Crippen molar-refractivity contribution >= 4 is 38.2 Å². The number of fused-ring (bicyclic) bond motifs is 1. The van der Waals surface area contributed by atoms with Gasteiger partial charge in [0.15, 0.2) is 0 Å². The van der Waals surface area contributed by atoms with E-state index < -0.39 is 9.84 Å². The summed E-state index contributed by atoms with van der Waals surface area (Å²) in [4.78, 5) is 17.2. The number of carbonyl (C=O) groups excluding carboxylic acids is 1. The molecule has 1 aromatic heterocycles. The molecule has 0 atom stereocenters. The molecule has 29 heavy (non-hydrogen) atoms. The first-order valence-corrected chi connectivity index (χ1v) is 11.3. The standard InChI is InChI=1S/C21H22ClN3O3S/c1-23-10-12-24(13-11-23)21(26)15-25-14-20(18-4-2-3-5-19(18)25)29(27,28)17-8-6-16(22)7-9-17/h2-9,14H,10-13,15H2,1H3. The van der Waals surface area contributed by atoms with E-state index in [9.17, 15) is 13.2 Å². The molecule has 0 bridgehead atoms. The number of piperazine rings is 1. The van der Waals surface area contributed by atoms with Crippen LogP contribution < -0.4 is 0 Å². The summed E-state index contributed by atoms with van der Waals surface area (Å²) < 4.78 is 28.2. The Labute approximate surface area is 175 Å². The van der Waals surface area contributed by atoms with Crippen LogP contribution in [-0.2, 0) is 21.2 Å². The molecule has 0 radical (unpaired) electrons. The molecule has 0 saturated carbocycles. The molecule has 152 valence electrons. The highest BCUT2D eigenvalue weighted by Gasteiger charge is 2.25. The molecular weight excluding hydrogens is 410 g/mol. The second kappa shape index (κ2) is 7.82.